The third-order valence-electron chi connectivity index (χ3n) is 2.59. The van der Waals surface area contributed by atoms with Gasteiger partial charge in [-0.15, -0.1) is 0 Å². The van der Waals surface area contributed by atoms with E-state index in [1.165, 1.54) is 0 Å². The number of aromatic nitrogens is 2. The van der Waals surface area contributed by atoms with E-state index in [1.54, 1.807) is 4.68 Å². The van der Waals surface area contributed by atoms with Gasteiger partial charge >= 0.3 is 0 Å². The van der Waals surface area contributed by atoms with Crippen LogP contribution < -0.4 is 11.1 Å². The Hall–Kier alpha value is -1.23. The Kier molecular flexibility index (Phi) is 4.18. The van der Waals surface area contributed by atoms with Gasteiger partial charge in [0.2, 0.25) is 0 Å². The van der Waals surface area contributed by atoms with Gasteiger partial charge in [0, 0.05) is 7.05 Å². The van der Waals surface area contributed by atoms with Crippen LogP contribution in [-0.2, 0) is 7.05 Å². The number of aryl methyl sites for hydroxylation is 2. The van der Waals surface area contributed by atoms with Gasteiger partial charge in [-0.2, -0.15) is 5.10 Å². The first-order valence-electron chi connectivity index (χ1n) is 5.62. The Morgan fingerprint density at radius 2 is 2.12 bits per heavy atom. The smallest absolute Gasteiger partial charge is 0.148 e. The van der Waals surface area contributed by atoms with E-state index < -0.39 is 0 Å². The van der Waals surface area contributed by atoms with Crippen molar-refractivity contribution in [3.05, 3.63) is 5.69 Å². The van der Waals surface area contributed by atoms with Crippen molar-refractivity contribution in [1.82, 2.24) is 9.78 Å². The molecule has 0 saturated heterocycles. The number of hydrogen-bond acceptors (Lipinski definition) is 4. The molecule has 0 radical (unpaired) electrons. The monoisotopic (exact) mass is 226 g/mol. The zero-order chi connectivity index (χ0) is 12.3. The molecular formula is C11H22N4O. The third-order valence-corrected chi connectivity index (χ3v) is 2.59. The van der Waals surface area contributed by atoms with Crippen LogP contribution in [0.25, 0.3) is 0 Å². The van der Waals surface area contributed by atoms with Crippen molar-refractivity contribution >= 4 is 11.5 Å². The van der Waals surface area contributed by atoms with Crippen molar-refractivity contribution in [2.75, 3.05) is 17.7 Å². The van der Waals surface area contributed by atoms with Crippen LogP contribution in [0, 0.1) is 12.8 Å². The molecule has 5 nitrogen and oxygen atoms in total. The van der Waals surface area contributed by atoms with Gasteiger partial charge in [0.05, 0.1) is 24.0 Å². The summed E-state index contributed by atoms with van der Waals surface area (Å²) in [6.45, 7) is 6.23. The number of aliphatic hydroxyl groups excluding tert-OH is 1. The van der Waals surface area contributed by atoms with Crippen LogP contribution in [0.4, 0.5) is 11.5 Å². The predicted molar refractivity (Wildman–Crippen MR) is 66.3 cm³/mol. The number of nitrogen functional groups attached to an aromatic ring is 1. The predicted octanol–water partition coefficient (Wildman–Crippen LogP) is 1.13. The molecule has 5 heteroatoms. The minimum atomic E-state index is 0.0251. The average molecular weight is 226 g/mol. The molecule has 0 aliphatic carbocycles. The summed E-state index contributed by atoms with van der Waals surface area (Å²) in [5, 5.41) is 16.8. The summed E-state index contributed by atoms with van der Waals surface area (Å²) in [5.74, 6) is 1.32. The summed E-state index contributed by atoms with van der Waals surface area (Å²) in [6.07, 6.45) is 0.903. The first-order valence-corrected chi connectivity index (χ1v) is 5.62. The average Bonchev–Trinajstić information content (AvgIpc) is 2.43. The summed E-state index contributed by atoms with van der Waals surface area (Å²) in [5.41, 5.74) is 7.38. The summed E-state index contributed by atoms with van der Waals surface area (Å²) in [6, 6.07) is 0.0251. The molecule has 1 unspecified atom stereocenters. The molecule has 0 amide bonds. The van der Waals surface area contributed by atoms with Crippen molar-refractivity contribution in [3.8, 4) is 0 Å². The van der Waals surface area contributed by atoms with Gasteiger partial charge in [0.25, 0.3) is 0 Å². The highest BCUT2D eigenvalue weighted by molar-refractivity contribution is 5.64. The Morgan fingerprint density at radius 1 is 1.50 bits per heavy atom. The number of nitrogens with one attached hydrogen (secondary N) is 1. The highest BCUT2D eigenvalue weighted by Gasteiger charge is 2.15. The zero-order valence-corrected chi connectivity index (χ0v) is 10.5. The standard InChI is InChI=1S/C11H22N4O/c1-7(2)5-9(6-16)13-11-10(12)8(3)14-15(11)4/h7,9,13,16H,5-6,12H2,1-4H3. The molecule has 1 heterocycles. The maximum absolute atomic E-state index is 9.29. The van der Waals surface area contributed by atoms with Crippen molar-refractivity contribution < 1.29 is 5.11 Å². The fraction of sp³-hybridized carbons (Fsp3) is 0.727. The minimum Gasteiger partial charge on any atom is -0.394 e. The van der Waals surface area contributed by atoms with Crippen LogP contribution in [0.2, 0.25) is 0 Å². The van der Waals surface area contributed by atoms with Gasteiger partial charge in [0.15, 0.2) is 0 Å². The van der Waals surface area contributed by atoms with Crippen LogP contribution in [-0.4, -0.2) is 27.5 Å². The van der Waals surface area contributed by atoms with E-state index in [0.717, 1.165) is 17.9 Å². The van der Waals surface area contributed by atoms with E-state index in [9.17, 15) is 5.11 Å². The number of anilines is 2. The highest BCUT2D eigenvalue weighted by atomic mass is 16.3. The number of hydrogen-bond donors (Lipinski definition) is 3. The largest absolute Gasteiger partial charge is 0.394 e. The van der Waals surface area contributed by atoms with Gasteiger partial charge < -0.3 is 16.2 Å². The molecule has 0 fully saturated rings. The molecule has 0 bridgehead atoms. The molecule has 1 aromatic heterocycles. The second kappa shape index (κ2) is 5.21. The Bertz CT molecular complexity index is 346. The summed E-state index contributed by atoms with van der Waals surface area (Å²) in [4.78, 5) is 0. The van der Waals surface area contributed by atoms with Crippen molar-refractivity contribution in [2.24, 2.45) is 13.0 Å². The Labute approximate surface area is 96.6 Å². The lowest BCUT2D eigenvalue weighted by molar-refractivity contribution is 0.259. The SMILES string of the molecule is Cc1nn(C)c(NC(CO)CC(C)C)c1N. The van der Waals surface area contributed by atoms with Gasteiger partial charge in [0.1, 0.15) is 5.82 Å². The fourth-order valence-electron chi connectivity index (χ4n) is 1.79. The number of nitrogens with zero attached hydrogens (tertiary/aromatic N) is 2. The van der Waals surface area contributed by atoms with E-state index in [1.807, 2.05) is 14.0 Å². The number of nitrogens with two attached hydrogens (primary N) is 1. The normalized spacial score (nSPS) is 13.1. The highest BCUT2D eigenvalue weighted by Crippen LogP contribution is 2.22. The van der Waals surface area contributed by atoms with Crippen molar-refractivity contribution in [3.63, 3.8) is 0 Å². The Morgan fingerprint density at radius 3 is 2.50 bits per heavy atom. The maximum atomic E-state index is 9.29. The lowest BCUT2D eigenvalue weighted by atomic mass is 10.0. The van der Waals surface area contributed by atoms with E-state index in [2.05, 4.69) is 24.3 Å². The molecule has 1 atom stereocenters. The van der Waals surface area contributed by atoms with Crippen molar-refractivity contribution in [1.29, 1.82) is 0 Å². The molecule has 1 aromatic rings. The van der Waals surface area contributed by atoms with Gasteiger partial charge in [-0.05, 0) is 19.3 Å². The third kappa shape index (κ3) is 2.88. The van der Waals surface area contributed by atoms with E-state index in [-0.39, 0.29) is 12.6 Å². The van der Waals surface area contributed by atoms with Crippen molar-refractivity contribution in [2.45, 2.75) is 33.2 Å². The molecular weight excluding hydrogens is 204 g/mol. The first kappa shape index (κ1) is 12.8. The van der Waals surface area contributed by atoms with Gasteiger partial charge in [-0.3, -0.25) is 4.68 Å². The van der Waals surface area contributed by atoms with Crippen LogP contribution in [0.5, 0.6) is 0 Å². The van der Waals surface area contributed by atoms with E-state index in [0.29, 0.717) is 11.6 Å². The lowest BCUT2D eigenvalue weighted by Gasteiger charge is -2.19. The van der Waals surface area contributed by atoms with Crippen LogP contribution in [0.15, 0.2) is 0 Å². The molecule has 0 aliphatic rings. The molecule has 0 saturated carbocycles. The number of rotatable bonds is 5. The van der Waals surface area contributed by atoms with Gasteiger partial charge in [-0.25, -0.2) is 0 Å². The fourth-order valence-corrected chi connectivity index (χ4v) is 1.79. The van der Waals surface area contributed by atoms with Crippen LogP contribution in [0.3, 0.4) is 0 Å². The quantitative estimate of drug-likeness (QED) is 0.703. The molecule has 0 spiro atoms. The Balaban J connectivity index is 2.77. The molecule has 0 aromatic carbocycles. The summed E-state index contributed by atoms with van der Waals surface area (Å²) in [7, 11) is 1.84. The minimum absolute atomic E-state index is 0.0251. The molecule has 0 aliphatic heterocycles. The second-order valence-corrected chi connectivity index (χ2v) is 4.62. The summed E-state index contributed by atoms with van der Waals surface area (Å²) < 4.78 is 1.72. The van der Waals surface area contributed by atoms with Gasteiger partial charge in [-0.1, -0.05) is 13.8 Å². The molecule has 92 valence electrons. The molecule has 1 rings (SSSR count). The zero-order valence-electron chi connectivity index (χ0n) is 10.5. The van der Waals surface area contributed by atoms with E-state index in [4.69, 9.17) is 5.73 Å². The lowest BCUT2D eigenvalue weighted by Crippen LogP contribution is -2.27. The molecule has 4 N–H and O–H groups in total. The first-order chi connectivity index (χ1) is 7.45. The van der Waals surface area contributed by atoms with E-state index >= 15 is 0 Å². The molecule has 16 heavy (non-hydrogen) atoms. The van der Waals surface area contributed by atoms with Crippen LogP contribution >= 0.6 is 0 Å². The summed E-state index contributed by atoms with van der Waals surface area (Å²) >= 11 is 0. The maximum Gasteiger partial charge on any atom is 0.148 e. The topological polar surface area (TPSA) is 76.1 Å². The number of aliphatic hydroxyl groups is 1. The second-order valence-electron chi connectivity index (χ2n) is 4.62. The van der Waals surface area contributed by atoms with Crippen LogP contribution in [0.1, 0.15) is 26.0 Å².